The lowest BCUT2D eigenvalue weighted by Crippen LogP contribution is -2.35. The van der Waals surface area contributed by atoms with E-state index in [4.69, 9.17) is 4.74 Å². The second kappa shape index (κ2) is 6.72. The molecule has 1 heterocycles. The van der Waals surface area contributed by atoms with Gasteiger partial charge >= 0.3 is 5.97 Å². The van der Waals surface area contributed by atoms with Crippen LogP contribution < -0.4 is 4.74 Å². The van der Waals surface area contributed by atoms with E-state index in [2.05, 4.69) is 16.7 Å². The molecule has 1 fully saturated rings. The van der Waals surface area contributed by atoms with E-state index in [1.54, 1.807) is 24.3 Å². The second-order valence-corrected chi connectivity index (χ2v) is 5.12. The summed E-state index contributed by atoms with van der Waals surface area (Å²) in [7, 11) is 3.36. The third-order valence-electron chi connectivity index (χ3n) is 3.59. The molecular weight excluding hydrogens is 258 g/mol. The Hall–Kier alpha value is -1.59. The van der Waals surface area contributed by atoms with Crippen LogP contribution in [0.5, 0.6) is 5.75 Å². The maximum Gasteiger partial charge on any atom is 0.339 e. The Kier molecular flexibility index (Phi) is 4.98. The molecule has 1 aliphatic rings. The van der Waals surface area contributed by atoms with Crippen LogP contribution in [-0.4, -0.2) is 49.3 Å². The SMILES string of the molecule is COC(=O)C(O)c1ccc(OC2CCN(C)CC2)cc1. The summed E-state index contributed by atoms with van der Waals surface area (Å²) >= 11 is 0. The van der Waals surface area contributed by atoms with Crippen LogP contribution in [0.3, 0.4) is 0 Å². The fourth-order valence-corrected chi connectivity index (χ4v) is 2.27. The number of ether oxygens (including phenoxy) is 2. The fourth-order valence-electron chi connectivity index (χ4n) is 2.27. The summed E-state index contributed by atoms with van der Waals surface area (Å²) in [5, 5.41) is 9.71. The summed E-state index contributed by atoms with van der Waals surface area (Å²) in [5.41, 5.74) is 0.507. The molecule has 110 valence electrons. The lowest BCUT2D eigenvalue weighted by Gasteiger charge is -2.29. The van der Waals surface area contributed by atoms with Crippen molar-refractivity contribution >= 4 is 5.97 Å². The number of methoxy groups -OCH3 is 1. The van der Waals surface area contributed by atoms with Gasteiger partial charge in [-0.15, -0.1) is 0 Å². The number of hydrogen-bond donors (Lipinski definition) is 1. The lowest BCUT2D eigenvalue weighted by molar-refractivity contribution is -0.150. The highest BCUT2D eigenvalue weighted by Gasteiger charge is 2.19. The van der Waals surface area contributed by atoms with Gasteiger partial charge < -0.3 is 19.5 Å². The van der Waals surface area contributed by atoms with E-state index in [1.165, 1.54) is 7.11 Å². The Balaban J connectivity index is 1.93. The van der Waals surface area contributed by atoms with Crippen LogP contribution in [0, 0.1) is 0 Å². The minimum Gasteiger partial charge on any atom is -0.490 e. The van der Waals surface area contributed by atoms with E-state index >= 15 is 0 Å². The first-order valence-electron chi connectivity index (χ1n) is 6.81. The first-order chi connectivity index (χ1) is 9.60. The number of piperidine rings is 1. The van der Waals surface area contributed by atoms with Crippen molar-refractivity contribution < 1.29 is 19.4 Å². The quantitative estimate of drug-likeness (QED) is 0.843. The van der Waals surface area contributed by atoms with Gasteiger partial charge in [0.1, 0.15) is 11.9 Å². The van der Waals surface area contributed by atoms with Crippen molar-refractivity contribution in [3.8, 4) is 5.75 Å². The van der Waals surface area contributed by atoms with E-state index in [0.29, 0.717) is 5.56 Å². The van der Waals surface area contributed by atoms with Crippen LogP contribution in [0.15, 0.2) is 24.3 Å². The van der Waals surface area contributed by atoms with E-state index in [0.717, 1.165) is 31.7 Å². The van der Waals surface area contributed by atoms with Crippen molar-refractivity contribution in [3.05, 3.63) is 29.8 Å². The largest absolute Gasteiger partial charge is 0.490 e. The topological polar surface area (TPSA) is 59.0 Å². The molecule has 20 heavy (non-hydrogen) atoms. The van der Waals surface area contributed by atoms with E-state index in [-0.39, 0.29) is 6.10 Å². The molecule has 1 aliphatic heterocycles. The van der Waals surface area contributed by atoms with E-state index in [9.17, 15) is 9.90 Å². The molecule has 1 aromatic carbocycles. The average Bonchev–Trinajstić information content (AvgIpc) is 2.49. The van der Waals surface area contributed by atoms with Crippen LogP contribution in [0.25, 0.3) is 0 Å². The van der Waals surface area contributed by atoms with E-state index in [1.807, 2.05) is 0 Å². The lowest BCUT2D eigenvalue weighted by atomic mass is 10.1. The van der Waals surface area contributed by atoms with Gasteiger partial charge in [-0.2, -0.15) is 0 Å². The molecule has 0 aromatic heterocycles. The van der Waals surface area contributed by atoms with Crippen LogP contribution in [0.1, 0.15) is 24.5 Å². The highest BCUT2D eigenvalue weighted by molar-refractivity contribution is 5.76. The number of hydrogen-bond acceptors (Lipinski definition) is 5. The third-order valence-corrected chi connectivity index (χ3v) is 3.59. The van der Waals surface area contributed by atoms with Gasteiger partial charge in [0.2, 0.25) is 0 Å². The third kappa shape index (κ3) is 3.71. The van der Waals surface area contributed by atoms with Crippen molar-refractivity contribution in [1.82, 2.24) is 4.90 Å². The highest BCUT2D eigenvalue weighted by Crippen LogP contribution is 2.22. The smallest absolute Gasteiger partial charge is 0.339 e. The summed E-state index contributed by atoms with van der Waals surface area (Å²) in [6, 6.07) is 6.93. The molecule has 0 aliphatic carbocycles. The molecule has 0 radical (unpaired) electrons. The molecule has 0 spiro atoms. The fraction of sp³-hybridized carbons (Fsp3) is 0.533. The van der Waals surface area contributed by atoms with Crippen molar-refractivity contribution in [2.45, 2.75) is 25.0 Å². The van der Waals surface area contributed by atoms with Crippen molar-refractivity contribution in [2.75, 3.05) is 27.2 Å². The normalized spacial score (nSPS) is 18.6. The first-order valence-corrected chi connectivity index (χ1v) is 6.81. The molecule has 1 N–H and O–H groups in total. The molecule has 1 aromatic rings. The van der Waals surface area contributed by atoms with Gasteiger partial charge in [0.05, 0.1) is 7.11 Å². The minimum atomic E-state index is -1.24. The number of rotatable bonds is 4. The molecule has 5 heteroatoms. The first kappa shape index (κ1) is 14.8. The van der Waals surface area contributed by atoms with Crippen LogP contribution in [0.4, 0.5) is 0 Å². The Labute approximate surface area is 119 Å². The number of benzene rings is 1. The van der Waals surface area contributed by atoms with Gasteiger partial charge in [-0.05, 0) is 37.6 Å². The number of aliphatic hydroxyl groups is 1. The number of carbonyl (C=O) groups excluding carboxylic acids is 1. The molecule has 0 bridgehead atoms. The minimum absolute atomic E-state index is 0.239. The summed E-state index contributed by atoms with van der Waals surface area (Å²) in [6.07, 6.45) is 1.03. The predicted octanol–water partition coefficient (Wildman–Crippen LogP) is 1.37. The Morgan fingerprint density at radius 1 is 1.30 bits per heavy atom. The highest BCUT2D eigenvalue weighted by atomic mass is 16.5. The zero-order chi connectivity index (χ0) is 14.5. The number of nitrogens with zero attached hydrogens (tertiary/aromatic N) is 1. The zero-order valence-electron chi connectivity index (χ0n) is 11.9. The molecule has 0 saturated carbocycles. The van der Waals surface area contributed by atoms with Gasteiger partial charge in [-0.1, -0.05) is 12.1 Å². The van der Waals surface area contributed by atoms with Crippen LogP contribution in [0.2, 0.25) is 0 Å². The standard InChI is InChI=1S/C15H21NO4/c1-16-9-7-13(8-10-16)20-12-5-3-11(4-6-12)14(17)15(18)19-2/h3-6,13-14,17H,7-10H2,1-2H3. The maximum atomic E-state index is 11.2. The second-order valence-electron chi connectivity index (χ2n) is 5.12. The van der Waals surface area contributed by atoms with Crippen molar-refractivity contribution in [2.24, 2.45) is 0 Å². The summed E-state index contributed by atoms with van der Waals surface area (Å²) in [5.74, 6) is 0.106. The molecule has 0 amide bonds. The summed E-state index contributed by atoms with van der Waals surface area (Å²) in [6.45, 7) is 2.09. The number of aliphatic hydroxyl groups excluding tert-OH is 1. The Morgan fingerprint density at radius 3 is 2.45 bits per heavy atom. The average molecular weight is 279 g/mol. The van der Waals surface area contributed by atoms with Gasteiger partial charge in [-0.3, -0.25) is 0 Å². The summed E-state index contributed by atoms with van der Waals surface area (Å²) in [4.78, 5) is 13.5. The summed E-state index contributed by atoms with van der Waals surface area (Å²) < 4.78 is 10.4. The molecular formula is C15H21NO4. The maximum absolute atomic E-state index is 11.2. The van der Waals surface area contributed by atoms with Crippen molar-refractivity contribution in [1.29, 1.82) is 0 Å². The Morgan fingerprint density at radius 2 is 1.90 bits per heavy atom. The molecule has 1 unspecified atom stereocenters. The van der Waals surface area contributed by atoms with E-state index < -0.39 is 12.1 Å². The predicted molar refractivity (Wildman–Crippen MR) is 74.6 cm³/mol. The molecule has 1 atom stereocenters. The molecule has 5 nitrogen and oxygen atoms in total. The van der Waals surface area contributed by atoms with Crippen LogP contribution >= 0.6 is 0 Å². The van der Waals surface area contributed by atoms with Gasteiger partial charge in [0.15, 0.2) is 6.10 Å². The van der Waals surface area contributed by atoms with Crippen molar-refractivity contribution in [3.63, 3.8) is 0 Å². The van der Waals surface area contributed by atoms with Crippen LogP contribution in [-0.2, 0) is 9.53 Å². The van der Waals surface area contributed by atoms with Gasteiger partial charge in [0, 0.05) is 13.1 Å². The molecule has 1 saturated heterocycles. The van der Waals surface area contributed by atoms with Gasteiger partial charge in [-0.25, -0.2) is 4.79 Å². The Bertz CT molecular complexity index is 438. The number of carbonyl (C=O) groups is 1. The number of esters is 1. The molecule has 2 rings (SSSR count). The van der Waals surface area contributed by atoms with Gasteiger partial charge in [0.25, 0.3) is 0 Å². The zero-order valence-corrected chi connectivity index (χ0v) is 11.9. The monoisotopic (exact) mass is 279 g/mol. The number of likely N-dealkylation sites (tertiary alicyclic amines) is 1.